The van der Waals surface area contributed by atoms with Crippen LogP contribution in [0.25, 0.3) is 0 Å². The van der Waals surface area contributed by atoms with Gasteiger partial charge >= 0.3 is 17.9 Å². The number of carbonyl (C=O) groups excluding carboxylic acids is 3. The Morgan fingerprint density at radius 1 is 0.365 bits per heavy atom. The van der Waals surface area contributed by atoms with E-state index in [0.29, 0.717) is 19.3 Å². The number of unbranched alkanes of at least 4 members (excludes halogenated alkanes) is 28. The molecule has 52 heavy (non-hydrogen) atoms. The number of allylic oxidation sites excluding steroid dienone is 2. The molecule has 6 heteroatoms. The summed E-state index contributed by atoms with van der Waals surface area (Å²) < 4.78 is 16.7. The molecular weight excluding hydrogens is 648 g/mol. The molecule has 0 N–H and O–H groups in total. The van der Waals surface area contributed by atoms with E-state index in [9.17, 15) is 14.4 Å². The zero-order chi connectivity index (χ0) is 38.0. The smallest absolute Gasteiger partial charge is 0.306 e. The number of rotatable bonds is 41. The van der Waals surface area contributed by atoms with Crippen molar-refractivity contribution >= 4 is 17.9 Å². The second-order valence-electron chi connectivity index (χ2n) is 15.3. The van der Waals surface area contributed by atoms with Gasteiger partial charge in [-0.05, 0) is 38.5 Å². The second kappa shape index (κ2) is 41.9. The summed E-state index contributed by atoms with van der Waals surface area (Å²) in [6.07, 6.45) is 43.3. The first-order chi connectivity index (χ1) is 25.5. The van der Waals surface area contributed by atoms with Crippen molar-refractivity contribution in [2.45, 2.75) is 252 Å². The van der Waals surface area contributed by atoms with E-state index >= 15 is 0 Å². The van der Waals surface area contributed by atoms with Gasteiger partial charge in [-0.3, -0.25) is 14.4 Å². The van der Waals surface area contributed by atoms with Gasteiger partial charge in [0.05, 0.1) is 0 Å². The summed E-state index contributed by atoms with van der Waals surface area (Å²) in [7, 11) is 0. The van der Waals surface area contributed by atoms with Crippen LogP contribution in [0.1, 0.15) is 245 Å². The van der Waals surface area contributed by atoms with Crippen LogP contribution < -0.4 is 0 Å². The Balaban J connectivity index is 4.35. The maximum absolute atomic E-state index is 12.7. The highest BCUT2D eigenvalue weighted by molar-refractivity contribution is 5.71. The van der Waals surface area contributed by atoms with Crippen molar-refractivity contribution < 1.29 is 28.6 Å². The highest BCUT2D eigenvalue weighted by atomic mass is 16.6. The Bertz CT molecular complexity index is 809. The van der Waals surface area contributed by atoms with E-state index in [1.807, 2.05) is 0 Å². The molecule has 0 saturated carbocycles. The van der Waals surface area contributed by atoms with Crippen molar-refractivity contribution in [1.29, 1.82) is 0 Å². The SMILES string of the molecule is CCCC/C=C\CCCCCCCC(=O)OC[C@H](COC(=O)CCCCCCCCCCCCC)OC(=O)CCCCCCCCCCCCCC. The zero-order valence-corrected chi connectivity index (χ0v) is 34.8. The van der Waals surface area contributed by atoms with E-state index in [1.165, 1.54) is 141 Å². The second-order valence-corrected chi connectivity index (χ2v) is 15.3. The standard InChI is InChI=1S/C46H86O6/c1-4-7-10-13-16-19-22-25-28-31-34-37-40-46(49)52-43(41-50-44(47)38-35-32-29-26-23-20-17-14-11-8-5-2)42-51-45(48)39-36-33-30-27-24-21-18-15-12-9-6-3/h14,17,43H,4-13,15-16,18-42H2,1-3H3/b17-14-/t43-/m1/s1. The summed E-state index contributed by atoms with van der Waals surface area (Å²) in [6, 6.07) is 0. The molecule has 0 unspecified atom stereocenters. The summed E-state index contributed by atoms with van der Waals surface area (Å²) in [5.41, 5.74) is 0. The molecular formula is C46H86O6. The molecule has 0 spiro atoms. The van der Waals surface area contributed by atoms with Crippen molar-refractivity contribution in [1.82, 2.24) is 0 Å². The lowest BCUT2D eigenvalue weighted by Gasteiger charge is -2.18. The summed E-state index contributed by atoms with van der Waals surface area (Å²) in [6.45, 7) is 6.59. The first kappa shape index (κ1) is 50.1. The molecule has 1 atom stereocenters. The summed E-state index contributed by atoms with van der Waals surface area (Å²) in [5, 5.41) is 0. The van der Waals surface area contributed by atoms with Crippen molar-refractivity contribution in [2.24, 2.45) is 0 Å². The molecule has 0 rings (SSSR count). The maximum atomic E-state index is 12.7. The minimum atomic E-state index is -0.763. The third-order valence-electron chi connectivity index (χ3n) is 10.0. The third-order valence-corrected chi connectivity index (χ3v) is 10.0. The lowest BCUT2D eigenvalue weighted by atomic mass is 10.0. The maximum Gasteiger partial charge on any atom is 0.306 e. The highest BCUT2D eigenvalue weighted by Crippen LogP contribution is 2.15. The van der Waals surface area contributed by atoms with Crippen LogP contribution in [0.5, 0.6) is 0 Å². The van der Waals surface area contributed by atoms with Crippen LogP contribution in [0.15, 0.2) is 12.2 Å². The van der Waals surface area contributed by atoms with Crippen molar-refractivity contribution in [3.05, 3.63) is 12.2 Å². The molecule has 0 radical (unpaired) electrons. The average molecular weight is 735 g/mol. The van der Waals surface area contributed by atoms with Gasteiger partial charge < -0.3 is 14.2 Å². The Kier molecular flexibility index (Phi) is 40.4. The van der Waals surface area contributed by atoms with Crippen LogP contribution in [-0.2, 0) is 28.6 Å². The molecule has 0 aromatic carbocycles. The highest BCUT2D eigenvalue weighted by Gasteiger charge is 2.19. The minimum Gasteiger partial charge on any atom is -0.462 e. The lowest BCUT2D eigenvalue weighted by Crippen LogP contribution is -2.30. The fourth-order valence-electron chi connectivity index (χ4n) is 6.54. The Hall–Kier alpha value is -1.85. The normalized spacial score (nSPS) is 12.0. The zero-order valence-electron chi connectivity index (χ0n) is 34.8. The third kappa shape index (κ3) is 39.4. The topological polar surface area (TPSA) is 78.9 Å². The van der Waals surface area contributed by atoms with Gasteiger partial charge in [0.1, 0.15) is 13.2 Å². The number of hydrogen-bond acceptors (Lipinski definition) is 6. The van der Waals surface area contributed by atoms with Gasteiger partial charge in [0.2, 0.25) is 0 Å². The molecule has 0 bridgehead atoms. The average Bonchev–Trinajstić information content (AvgIpc) is 3.14. The van der Waals surface area contributed by atoms with E-state index in [0.717, 1.165) is 64.2 Å². The number of esters is 3. The van der Waals surface area contributed by atoms with Crippen LogP contribution >= 0.6 is 0 Å². The van der Waals surface area contributed by atoms with E-state index in [2.05, 4.69) is 32.9 Å². The fraction of sp³-hybridized carbons (Fsp3) is 0.891. The van der Waals surface area contributed by atoms with E-state index in [4.69, 9.17) is 14.2 Å². The molecule has 0 amide bonds. The minimum absolute atomic E-state index is 0.0682. The van der Waals surface area contributed by atoms with Crippen LogP contribution in [0, 0.1) is 0 Å². The van der Waals surface area contributed by atoms with Crippen molar-refractivity contribution in [3.8, 4) is 0 Å². The summed E-state index contributed by atoms with van der Waals surface area (Å²) in [4.78, 5) is 37.6. The first-order valence-electron chi connectivity index (χ1n) is 22.7. The van der Waals surface area contributed by atoms with Crippen molar-refractivity contribution in [2.75, 3.05) is 13.2 Å². The van der Waals surface area contributed by atoms with Gasteiger partial charge in [0.25, 0.3) is 0 Å². The first-order valence-corrected chi connectivity index (χ1v) is 22.7. The van der Waals surface area contributed by atoms with Gasteiger partial charge in [-0.25, -0.2) is 0 Å². The lowest BCUT2D eigenvalue weighted by molar-refractivity contribution is -0.167. The van der Waals surface area contributed by atoms with Gasteiger partial charge in [-0.15, -0.1) is 0 Å². The van der Waals surface area contributed by atoms with E-state index < -0.39 is 6.10 Å². The molecule has 6 nitrogen and oxygen atoms in total. The Morgan fingerprint density at radius 2 is 0.654 bits per heavy atom. The summed E-state index contributed by atoms with van der Waals surface area (Å²) in [5.74, 6) is -0.872. The Morgan fingerprint density at radius 3 is 1.02 bits per heavy atom. The molecule has 0 saturated heterocycles. The molecule has 0 fully saturated rings. The predicted octanol–water partition coefficient (Wildman–Crippen LogP) is 14.3. The van der Waals surface area contributed by atoms with Gasteiger partial charge in [0, 0.05) is 19.3 Å². The van der Waals surface area contributed by atoms with Crippen molar-refractivity contribution in [3.63, 3.8) is 0 Å². The number of carbonyl (C=O) groups is 3. The molecule has 0 aliphatic heterocycles. The van der Waals surface area contributed by atoms with Crippen LogP contribution in [-0.4, -0.2) is 37.2 Å². The number of hydrogen-bond donors (Lipinski definition) is 0. The fourth-order valence-corrected chi connectivity index (χ4v) is 6.54. The van der Waals surface area contributed by atoms with Gasteiger partial charge in [-0.2, -0.15) is 0 Å². The van der Waals surface area contributed by atoms with Crippen LogP contribution in [0.3, 0.4) is 0 Å². The predicted molar refractivity (Wildman–Crippen MR) is 220 cm³/mol. The summed E-state index contributed by atoms with van der Waals surface area (Å²) >= 11 is 0. The van der Waals surface area contributed by atoms with E-state index in [1.54, 1.807) is 0 Å². The van der Waals surface area contributed by atoms with Crippen LogP contribution in [0.2, 0.25) is 0 Å². The Labute approximate surface area is 322 Å². The van der Waals surface area contributed by atoms with E-state index in [-0.39, 0.29) is 31.1 Å². The quantitative estimate of drug-likeness (QED) is 0.0269. The van der Waals surface area contributed by atoms with Gasteiger partial charge in [0.15, 0.2) is 6.10 Å². The molecule has 0 aliphatic rings. The van der Waals surface area contributed by atoms with Gasteiger partial charge in [-0.1, -0.05) is 200 Å². The van der Waals surface area contributed by atoms with Crippen LogP contribution in [0.4, 0.5) is 0 Å². The number of ether oxygens (including phenoxy) is 3. The molecule has 0 aliphatic carbocycles. The monoisotopic (exact) mass is 735 g/mol. The molecule has 0 aromatic rings. The molecule has 306 valence electrons. The molecule has 0 heterocycles. The largest absolute Gasteiger partial charge is 0.462 e. The molecule has 0 aromatic heterocycles.